The summed E-state index contributed by atoms with van der Waals surface area (Å²) in [7, 11) is 0. The zero-order chi connectivity index (χ0) is 8.55. The van der Waals surface area contributed by atoms with Gasteiger partial charge in [0.25, 0.3) is 0 Å². The van der Waals surface area contributed by atoms with Gasteiger partial charge in [-0.25, -0.2) is 0 Å². The summed E-state index contributed by atoms with van der Waals surface area (Å²) < 4.78 is 0. The van der Waals surface area contributed by atoms with Crippen molar-refractivity contribution in [2.75, 3.05) is 0 Å². The molecule has 0 fully saturated rings. The van der Waals surface area contributed by atoms with Crippen LogP contribution in [0.5, 0.6) is 0 Å². The summed E-state index contributed by atoms with van der Waals surface area (Å²) in [6, 6.07) is 8.75. The van der Waals surface area contributed by atoms with Gasteiger partial charge in [0.15, 0.2) is 0 Å². The van der Waals surface area contributed by atoms with Gasteiger partial charge in [0.1, 0.15) is 0 Å². The third-order valence-corrected chi connectivity index (χ3v) is 2.84. The molecule has 1 aliphatic rings. The molecule has 12 heavy (non-hydrogen) atoms. The van der Waals surface area contributed by atoms with Crippen LogP contribution in [0.15, 0.2) is 35.9 Å². The van der Waals surface area contributed by atoms with Crippen molar-refractivity contribution < 1.29 is 0 Å². The van der Waals surface area contributed by atoms with E-state index in [0.717, 1.165) is 6.42 Å². The van der Waals surface area contributed by atoms with Gasteiger partial charge in [-0.15, -0.1) is 0 Å². The minimum absolute atomic E-state index is 0.645. The quantitative estimate of drug-likeness (QED) is 0.508. The maximum absolute atomic E-state index is 2.29. The van der Waals surface area contributed by atoms with Crippen LogP contribution in [-0.4, -0.2) is 0 Å². The van der Waals surface area contributed by atoms with Crippen molar-refractivity contribution in [2.45, 2.75) is 26.2 Å². The molecule has 0 spiro atoms. The van der Waals surface area contributed by atoms with E-state index < -0.39 is 0 Å². The lowest BCUT2D eigenvalue weighted by Gasteiger charge is -2.04. The molecule has 1 aliphatic carbocycles. The molecule has 62 valence electrons. The molecule has 0 nitrogen and oxygen atoms in total. The van der Waals surface area contributed by atoms with E-state index in [1.165, 1.54) is 11.1 Å². The highest BCUT2D eigenvalue weighted by Gasteiger charge is 2.21. The van der Waals surface area contributed by atoms with E-state index in [-0.39, 0.29) is 0 Å². The van der Waals surface area contributed by atoms with Gasteiger partial charge in [-0.2, -0.15) is 0 Å². The van der Waals surface area contributed by atoms with E-state index in [2.05, 4.69) is 44.2 Å². The van der Waals surface area contributed by atoms with Gasteiger partial charge in [0.05, 0.1) is 0 Å². The molecular formula is C12H14. The first-order valence-electron chi connectivity index (χ1n) is 4.56. The van der Waals surface area contributed by atoms with Crippen LogP contribution in [-0.2, 0) is 6.42 Å². The summed E-state index contributed by atoms with van der Waals surface area (Å²) in [6.45, 7) is 4.43. The largest absolute Gasteiger partial charge is 0.0875 e. The summed E-state index contributed by atoms with van der Waals surface area (Å²) in [5.74, 6) is 0.645. The fourth-order valence-corrected chi connectivity index (χ4v) is 2.04. The molecule has 0 saturated carbocycles. The summed E-state index contributed by atoms with van der Waals surface area (Å²) in [5.41, 5.74) is 4.60. The highest BCUT2D eigenvalue weighted by molar-refractivity contribution is 5.44. The molecule has 0 heterocycles. The normalized spacial score (nSPS) is 24.5. The van der Waals surface area contributed by atoms with Crippen LogP contribution in [0.4, 0.5) is 0 Å². The lowest BCUT2D eigenvalue weighted by Crippen LogP contribution is -1.87. The van der Waals surface area contributed by atoms with Crippen LogP contribution < -0.4 is 0 Å². The number of allylic oxidation sites excluding steroid dienone is 2. The first-order valence-corrected chi connectivity index (χ1v) is 4.56. The Bertz CT molecular complexity index is 321. The summed E-state index contributed by atoms with van der Waals surface area (Å²) in [5, 5.41) is 0. The van der Waals surface area contributed by atoms with Gasteiger partial charge in [0, 0.05) is 5.92 Å². The summed E-state index contributed by atoms with van der Waals surface area (Å²) >= 11 is 0. The number of rotatable bonds is 0. The second-order valence-electron chi connectivity index (χ2n) is 3.46. The monoisotopic (exact) mass is 158 g/mol. The Kier molecular flexibility index (Phi) is 1.76. The predicted octanol–water partition coefficient (Wildman–Crippen LogP) is 3.29. The third-order valence-electron chi connectivity index (χ3n) is 2.84. The zero-order valence-electron chi connectivity index (χ0n) is 7.67. The molecule has 0 N–H and O–H groups in total. The molecule has 0 amide bonds. The van der Waals surface area contributed by atoms with Gasteiger partial charge in [0.2, 0.25) is 0 Å². The molecule has 1 atom stereocenters. The van der Waals surface area contributed by atoms with E-state index in [0.29, 0.717) is 5.92 Å². The first-order chi connectivity index (χ1) is 5.83. The SMILES string of the molecule is CC=C1Cc2ccccc2C1C. The maximum atomic E-state index is 2.29. The summed E-state index contributed by atoms with van der Waals surface area (Å²) in [4.78, 5) is 0. The zero-order valence-corrected chi connectivity index (χ0v) is 7.67. The highest BCUT2D eigenvalue weighted by Crippen LogP contribution is 2.36. The van der Waals surface area contributed by atoms with E-state index in [1.54, 1.807) is 5.57 Å². The maximum Gasteiger partial charge on any atom is 0.00258 e. The minimum atomic E-state index is 0.645. The molecule has 1 aromatic rings. The number of hydrogen-bond acceptors (Lipinski definition) is 0. The van der Waals surface area contributed by atoms with Gasteiger partial charge < -0.3 is 0 Å². The molecule has 0 saturated heterocycles. The van der Waals surface area contributed by atoms with E-state index >= 15 is 0 Å². The molecule has 0 heteroatoms. The molecule has 0 aromatic heterocycles. The van der Waals surface area contributed by atoms with E-state index in [1.807, 2.05) is 0 Å². The van der Waals surface area contributed by atoms with Crippen molar-refractivity contribution in [3.05, 3.63) is 47.0 Å². The van der Waals surface area contributed by atoms with Gasteiger partial charge in [-0.05, 0) is 24.5 Å². The first kappa shape index (κ1) is 7.60. The van der Waals surface area contributed by atoms with Crippen molar-refractivity contribution in [3.63, 3.8) is 0 Å². The molecule has 0 aliphatic heterocycles. The van der Waals surface area contributed by atoms with Gasteiger partial charge >= 0.3 is 0 Å². The highest BCUT2D eigenvalue weighted by atomic mass is 14.3. The van der Waals surface area contributed by atoms with Crippen molar-refractivity contribution >= 4 is 0 Å². The van der Waals surface area contributed by atoms with Gasteiger partial charge in [-0.3, -0.25) is 0 Å². The topological polar surface area (TPSA) is 0 Å². The molecule has 1 unspecified atom stereocenters. The second-order valence-corrected chi connectivity index (χ2v) is 3.46. The fraction of sp³-hybridized carbons (Fsp3) is 0.333. The Morgan fingerprint density at radius 1 is 1.33 bits per heavy atom. The van der Waals surface area contributed by atoms with Crippen LogP contribution in [0.25, 0.3) is 0 Å². The number of fused-ring (bicyclic) bond motifs is 1. The number of benzene rings is 1. The Morgan fingerprint density at radius 3 is 2.75 bits per heavy atom. The summed E-state index contributed by atoms with van der Waals surface area (Å²) in [6.07, 6.45) is 3.42. The van der Waals surface area contributed by atoms with Crippen LogP contribution in [0, 0.1) is 0 Å². The Labute approximate surface area is 73.9 Å². The fourth-order valence-electron chi connectivity index (χ4n) is 2.04. The van der Waals surface area contributed by atoms with E-state index in [4.69, 9.17) is 0 Å². The van der Waals surface area contributed by atoms with Crippen LogP contribution >= 0.6 is 0 Å². The lowest BCUT2D eigenvalue weighted by molar-refractivity contribution is 0.922. The van der Waals surface area contributed by atoms with Crippen molar-refractivity contribution in [3.8, 4) is 0 Å². The van der Waals surface area contributed by atoms with Crippen molar-refractivity contribution in [1.82, 2.24) is 0 Å². The van der Waals surface area contributed by atoms with Crippen molar-refractivity contribution in [2.24, 2.45) is 0 Å². The molecular weight excluding hydrogens is 144 g/mol. The van der Waals surface area contributed by atoms with Crippen molar-refractivity contribution in [1.29, 1.82) is 0 Å². The average Bonchev–Trinajstić information content (AvgIpc) is 2.44. The second kappa shape index (κ2) is 2.78. The lowest BCUT2D eigenvalue weighted by atomic mass is 10.0. The van der Waals surface area contributed by atoms with Crippen LogP contribution in [0.2, 0.25) is 0 Å². The Balaban J connectivity index is 2.49. The predicted molar refractivity (Wildman–Crippen MR) is 52.3 cm³/mol. The van der Waals surface area contributed by atoms with Gasteiger partial charge in [-0.1, -0.05) is 42.8 Å². The van der Waals surface area contributed by atoms with Crippen LogP contribution in [0.1, 0.15) is 30.9 Å². The average molecular weight is 158 g/mol. The standard InChI is InChI=1S/C12H14/c1-3-10-8-11-6-4-5-7-12(11)9(10)2/h3-7,9H,8H2,1-2H3. The molecule has 1 aromatic carbocycles. The molecule has 2 rings (SSSR count). The smallest absolute Gasteiger partial charge is 0.00258 e. The number of hydrogen-bond donors (Lipinski definition) is 0. The molecule has 0 bridgehead atoms. The third kappa shape index (κ3) is 0.989. The van der Waals surface area contributed by atoms with E-state index in [9.17, 15) is 0 Å². The molecule has 0 radical (unpaired) electrons. The Morgan fingerprint density at radius 2 is 2.08 bits per heavy atom. The van der Waals surface area contributed by atoms with Crippen LogP contribution in [0.3, 0.4) is 0 Å². The minimum Gasteiger partial charge on any atom is -0.0875 e. The Hall–Kier alpha value is -1.04.